The van der Waals surface area contributed by atoms with Crippen LogP contribution in [0.2, 0.25) is 0 Å². The third-order valence-corrected chi connectivity index (χ3v) is 4.16. The molecule has 0 aliphatic rings. The number of benzene rings is 1. The third-order valence-electron chi connectivity index (χ3n) is 3.21. The summed E-state index contributed by atoms with van der Waals surface area (Å²) in [7, 11) is 0. The maximum absolute atomic E-state index is 5.12. The fraction of sp³-hybridized carbons (Fsp3) is 0.333. The van der Waals surface area contributed by atoms with Gasteiger partial charge in [-0.3, -0.25) is 0 Å². The van der Waals surface area contributed by atoms with Crippen molar-refractivity contribution in [2.75, 3.05) is 0 Å². The minimum atomic E-state index is 0.601. The zero-order chi connectivity index (χ0) is 15.4. The number of nitrogens with zero attached hydrogens (tertiary/aromatic N) is 5. The number of rotatable bonds is 6. The number of aromatic nitrogens is 5. The molecule has 0 fully saturated rings. The van der Waals surface area contributed by atoms with E-state index in [0.717, 1.165) is 23.9 Å². The van der Waals surface area contributed by atoms with E-state index in [1.165, 1.54) is 5.56 Å². The van der Waals surface area contributed by atoms with E-state index in [-0.39, 0.29) is 0 Å². The number of aryl methyl sites for hydroxylation is 1. The average molecular weight is 315 g/mol. The number of hydrogen-bond donors (Lipinski definition) is 0. The molecule has 0 unspecified atom stereocenters. The zero-order valence-electron chi connectivity index (χ0n) is 12.6. The van der Waals surface area contributed by atoms with Crippen LogP contribution in [0.4, 0.5) is 0 Å². The van der Waals surface area contributed by atoms with Crippen molar-refractivity contribution in [3.8, 4) is 0 Å². The van der Waals surface area contributed by atoms with Gasteiger partial charge in [-0.2, -0.15) is 4.98 Å². The Kier molecular flexibility index (Phi) is 4.53. The second-order valence-corrected chi connectivity index (χ2v) is 5.77. The van der Waals surface area contributed by atoms with Crippen molar-refractivity contribution in [3.05, 3.63) is 53.4 Å². The molecular formula is C15H17N5OS. The lowest BCUT2D eigenvalue weighted by Gasteiger charge is -2.06. The highest BCUT2D eigenvalue weighted by atomic mass is 32.2. The van der Waals surface area contributed by atoms with Crippen LogP contribution in [-0.2, 0) is 18.7 Å². The van der Waals surface area contributed by atoms with E-state index in [9.17, 15) is 0 Å². The smallest absolute Gasteiger partial charge is 0.237 e. The van der Waals surface area contributed by atoms with Crippen molar-refractivity contribution in [1.82, 2.24) is 24.9 Å². The maximum atomic E-state index is 5.12. The number of hydrogen-bond acceptors (Lipinski definition) is 6. The Bertz CT molecular complexity index is 737. The predicted molar refractivity (Wildman–Crippen MR) is 83.5 cm³/mol. The van der Waals surface area contributed by atoms with Gasteiger partial charge in [-0.1, -0.05) is 47.3 Å². The Morgan fingerprint density at radius 2 is 2.00 bits per heavy atom. The van der Waals surface area contributed by atoms with Gasteiger partial charge in [-0.15, -0.1) is 10.2 Å². The van der Waals surface area contributed by atoms with Gasteiger partial charge in [0.05, 0.1) is 5.75 Å². The molecule has 0 radical (unpaired) electrons. The topological polar surface area (TPSA) is 69.6 Å². The summed E-state index contributed by atoms with van der Waals surface area (Å²) in [5.74, 6) is 2.83. The molecule has 3 aromatic rings. The maximum Gasteiger partial charge on any atom is 0.237 e. The summed E-state index contributed by atoms with van der Waals surface area (Å²) >= 11 is 1.56. The molecule has 2 heterocycles. The molecule has 1 aromatic carbocycles. The molecule has 6 nitrogen and oxygen atoms in total. The molecule has 7 heteroatoms. The largest absolute Gasteiger partial charge is 0.338 e. The normalized spacial score (nSPS) is 11.0. The highest BCUT2D eigenvalue weighted by Gasteiger charge is 2.13. The van der Waals surface area contributed by atoms with Crippen molar-refractivity contribution < 1.29 is 4.52 Å². The summed E-state index contributed by atoms with van der Waals surface area (Å²) in [4.78, 5) is 4.20. The first-order valence-electron chi connectivity index (χ1n) is 7.14. The van der Waals surface area contributed by atoms with Gasteiger partial charge in [-0.25, -0.2) is 0 Å². The fourth-order valence-electron chi connectivity index (χ4n) is 2.18. The van der Waals surface area contributed by atoms with Gasteiger partial charge in [0, 0.05) is 13.0 Å². The first-order chi connectivity index (χ1) is 10.8. The van der Waals surface area contributed by atoms with Crippen molar-refractivity contribution in [3.63, 3.8) is 0 Å². The van der Waals surface area contributed by atoms with E-state index < -0.39 is 0 Å². The van der Waals surface area contributed by atoms with Crippen LogP contribution in [0.5, 0.6) is 0 Å². The molecule has 22 heavy (non-hydrogen) atoms. The molecule has 0 atom stereocenters. The zero-order valence-corrected chi connectivity index (χ0v) is 13.4. The van der Waals surface area contributed by atoms with Crippen LogP contribution in [0, 0.1) is 6.92 Å². The molecule has 0 N–H and O–H groups in total. The van der Waals surface area contributed by atoms with Crippen LogP contribution in [0.1, 0.15) is 30.0 Å². The highest BCUT2D eigenvalue weighted by molar-refractivity contribution is 7.98. The molecule has 0 bridgehead atoms. The predicted octanol–water partition coefficient (Wildman–Crippen LogP) is 2.87. The van der Waals surface area contributed by atoms with Gasteiger partial charge in [0.1, 0.15) is 5.82 Å². The Hall–Kier alpha value is -2.15. The highest BCUT2D eigenvalue weighted by Crippen LogP contribution is 2.22. The first kappa shape index (κ1) is 14.8. The Labute approximate surface area is 133 Å². The Morgan fingerprint density at radius 1 is 1.18 bits per heavy atom. The van der Waals surface area contributed by atoms with Crippen LogP contribution in [0.3, 0.4) is 0 Å². The Morgan fingerprint density at radius 3 is 2.68 bits per heavy atom. The molecule has 0 amide bonds. The van der Waals surface area contributed by atoms with E-state index >= 15 is 0 Å². The fourth-order valence-corrected chi connectivity index (χ4v) is 3.04. The molecule has 114 valence electrons. The standard InChI is InChI=1S/C15H17N5OS/c1-3-20-13(9-12-7-5-4-6-8-12)17-18-15(20)22-10-14-16-11(2)19-21-14/h4-8H,3,9-10H2,1-2H3. The van der Waals surface area contributed by atoms with Gasteiger partial charge >= 0.3 is 0 Å². The minimum Gasteiger partial charge on any atom is -0.338 e. The van der Waals surface area contributed by atoms with Gasteiger partial charge in [0.25, 0.3) is 0 Å². The van der Waals surface area contributed by atoms with Crippen LogP contribution in [-0.4, -0.2) is 24.9 Å². The molecule has 0 aliphatic heterocycles. The van der Waals surface area contributed by atoms with E-state index in [0.29, 0.717) is 17.5 Å². The molecular weight excluding hydrogens is 298 g/mol. The average Bonchev–Trinajstić information content (AvgIpc) is 3.12. The lowest BCUT2D eigenvalue weighted by Crippen LogP contribution is -2.04. The van der Waals surface area contributed by atoms with Crippen molar-refractivity contribution in [1.29, 1.82) is 0 Å². The van der Waals surface area contributed by atoms with Crippen LogP contribution >= 0.6 is 11.8 Å². The monoisotopic (exact) mass is 315 g/mol. The second-order valence-electron chi connectivity index (χ2n) is 4.83. The van der Waals surface area contributed by atoms with Crippen LogP contribution in [0.25, 0.3) is 0 Å². The molecule has 3 rings (SSSR count). The van der Waals surface area contributed by atoms with Crippen LogP contribution in [0.15, 0.2) is 40.0 Å². The van der Waals surface area contributed by atoms with E-state index in [4.69, 9.17) is 4.52 Å². The second kappa shape index (κ2) is 6.74. The van der Waals surface area contributed by atoms with E-state index in [1.807, 2.05) is 25.1 Å². The quantitative estimate of drug-likeness (QED) is 0.651. The molecule has 0 saturated carbocycles. The lowest BCUT2D eigenvalue weighted by atomic mass is 10.1. The van der Waals surface area contributed by atoms with Crippen molar-refractivity contribution >= 4 is 11.8 Å². The molecule has 0 saturated heterocycles. The number of thioether (sulfide) groups is 1. The summed E-state index contributed by atoms with van der Waals surface area (Å²) in [6.07, 6.45) is 0.780. The van der Waals surface area contributed by atoms with Crippen molar-refractivity contribution in [2.45, 2.75) is 37.7 Å². The van der Waals surface area contributed by atoms with E-state index in [2.05, 4.69) is 44.0 Å². The molecule has 0 aliphatic carbocycles. The molecule has 2 aromatic heterocycles. The van der Waals surface area contributed by atoms with Gasteiger partial charge in [-0.05, 0) is 19.4 Å². The minimum absolute atomic E-state index is 0.601. The SMILES string of the molecule is CCn1c(Cc2ccccc2)nnc1SCc1nc(C)no1. The lowest BCUT2D eigenvalue weighted by molar-refractivity contribution is 0.387. The summed E-state index contributed by atoms with van der Waals surface area (Å²) in [6, 6.07) is 10.3. The van der Waals surface area contributed by atoms with Crippen LogP contribution < -0.4 is 0 Å². The summed E-state index contributed by atoms with van der Waals surface area (Å²) in [5, 5.41) is 13.3. The van der Waals surface area contributed by atoms with Gasteiger partial charge in [0.15, 0.2) is 11.0 Å². The van der Waals surface area contributed by atoms with Gasteiger partial charge < -0.3 is 9.09 Å². The third kappa shape index (κ3) is 3.36. The van der Waals surface area contributed by atoms with Gasteiger partial charge in [0.2, 0.25) is 5.89 Å². The summed E-state index contributed by atoms with van der Waals surface area (Å²) in [5.41, 5.74) is 1.23. The van der Waals surface area contributed by atoms with E-state index in [1.54, 1.807) is 11.8 Å². The Balaban J connectivity index is 1.72. The first-order valence-corrected chi connectivity index (χ1v) is 8.13. The summed E-state index contributed by atoms with van der Waals surface area (Å²) < 4.78 is 7.25. The van der Waals surface area contributed by atoms with Crippen molar-refractivity contribution in [2.24, 2.45) is 0 Å². The molecule has 0 spiro atoms. The summed E-state index contributed by atoms with van der Waals surface area (Å²) in [6.45, 7) is 4.74.